The third-order valence-corrected chi connectivity index (χ3v) is 5.15. The Morgan fingerprint density at radius 1 is 0.654 bits per heavy atom. The molecule has 4 aliphatic carbocycles. The van der Waals surface area contributed by atoms with Crippen LogP contribution in [-0.2, 0) is 44.7 Å². The summed E-state index contributed by atoms with van der Waals surface area (Å²) in [5.74, 6) is -1.93. The second kappa shape index (κ2) is 8.17. The molecule has 2 aromatic carbocycles. The van der Waals surface area contributed by atoms with Crippen molar-refractivity contribution in [2.75, 3.05) is 14.2 Å². The molecule has 0 aromatic heterocycles. The van der Waals surface area contributed by atoms with Gasteiger partial charge in [0.2, 0.25) is 0 Å². The van der Waals surface area contributed by atoms with Gasteiger partial charge >= 0.3 is 11.9 Å². The molecule has 2 unspecified atom stereocenters. The molecule has 0 spiro atoms. The van der Waals surface area contributed by atoms with Gasteiger partial charge in [-0.25, -0.2) is 0 Å². The molecule has 0 saturated carbocycles. The van der Waals surface area contributed by atoms with Crippen molar-refractivity contribution in [3.63, 3.8) is 0 Å². The molecule has 2 atom stereocenters. The van der Waals surface area contributed by atoms with E-state index in [9.17, 15) is 9.59 Å². The van der Waals surface area contributed by atoms with E-state index in [2.05, 4.69) is 24.3 Å². The van der Waals surface area contributed by atoms with Crippen molar-refractivity contribution in [1.82, 2.24) is 0 Å². The lowest BCUT2D eigenvalue weighted by Gasteiger charge is -2.24. The van der Waals surface area contributed by atoms with Crippen LogP contribution in [0.15, 0.2) is 48.5 Å². The molecule has 4 heteroatoms. The monoisotopic (exact) mass is 352 g/mol. The molecule has 0 amide bonds. The molecule has 0 aliphatic heterocycles. The molecule has 0 saturated heterocycles. The average molecular weight is 352 g/mol. The fraction of sp³-hybridized carbons (Fsp3) is 0.364. The molecule has 26 heavy (non-hydrogen) atoms. The largest absolute Gasteiger partial charge is 0.469 e. The quantitative estimate of drug-likeness (QED) is 0.779. The van der Waals surface area contributed by atoms with Gasteiger partial charge in [0.25, 0.3) is 0 Å². The van der Waals surface area contributed by atoms with Crippen LogP contribution in [0.3, 0.4) is 0 Å². The molecule has 0 N–H and O–H groups in total. The van der Waals surface area contributed by atoms with E-state index in [0.717, 1.165) is 24.0 Å². The standard InChI is InChI=1S/C22H24O4/c1-25-21(23)19-13-17-9-5-15(6-10-17)3-4-16-7-11-18(12-8-16)14-20(19)22(24)26-2/h5-12,19-20H,3-4,13-14H2,1-2H3. The number of carbonyl (C=O) groups is 2. The van der Waals surface area contributed by atoms with Gasteiger partial charge in [-0.2, -0.15) is 0 Å². The number of carbonyl (C=O) groups excluding carboxylic acids is 2. The number of ether oxygens (including phenoxy) is 2. The zero-order valence-corrected chi connectivity index (χ0v) is 15.2. The summed E-state index contributed by atoms with van der Waals surface area (Å²) in [5, 5.41) is 0. The Balaban J connectivity index is 2.04. The first kappa shape index (κ1) is 18.2. The maximum absolute atomic E-state index is 12.5. The van der Waals surface area contributed by atoms with Gasteiger partial charge in [0.1, 0.15) is 0 Å². The van der Waals surface area contributed by atoms with E-state index in [1.807, 2.05) is 24.3 Å². The highest BCUT2D eigenvalue weighted by atomic mass is 16.5. The van der Waals surface area contributed by atoms with Gasteiger partial charge in [0.05, 0.1) is 26.1 Å². The van der Waals surface area contributed by atoms with Crippen molar-refractivity contribution >= 4 is 11.9 Å². The second-order valence-electron chi connectivity index (χ2n) is 6.80. The fourth-order valence-corrected chi connectivity index (χ4v) is 3.56. The minimum absolute atomic E-state index is 0.381. The first-order valence-electron chi connectivity index (χ1n) is 8.92. The molecule has 0 fully saturated rings. The predicted molar refractivity (Wildman–Crippen MR) is 98.7 cm³/mol. The van der Waals surface area contributed by atoms with Gasteiger partial charge in [0.15, 0.2) is 0 Å². The van der Waals surface area contributed by atoms with Crippen LogP contribution in [0.1, 0.15) is 22.3 Å². The molecular weight excluding hydrogens is 328 g/mol. The van der Waals surface area contributed by atoms with E-state index in [-0.39, 0.29) is 11.9 Å². The van der Waals surface area contributed by atoms with Crippen LogP contribution in [0.5, 0.6) is 0 Å². The van der Waals surface area contributed by atoms with E-state index in [0.29, 0.717) is 12.8 Å². The van der Waals surface area contributed by atoms with Gasteiger partial charge in [-0.1, -0.05) is 48.5 Å². The Kier molecular flexibility index (Phi) is 5.71. The summed E-state index contributed by atoms with van der Waals surface area (Å²) >= 11 is 0. The van der Waals surface area contributed by atoms with Gasteiger partial charge in [-0.05, 0) is 47.9 Å². The number of esters is 2. The molecule has 0 heterocycles. The van der Waals surface area contributed by atoms with Crippen molar-refractivity contribution < 1.29 is 19.1 Å². The fourth-order valence-electron chi connectivity index (χ4n) is 3.56. The van der Waals surface area contributed by atoms with E-state index in [1.165, 1.54) is 25.3 Å². The molecule has 4 bridgehead atoms. The summed E-state index contributed by atoms with van der Waals surface area (Å²) in [4.78, 5) is 24.9. The van der Waals surface area contributed by atoms with Crippen LogP contribution in [-0.4, -0.2) is 26.2 Å². The van der Waals surface area contributed by atoms with Crippen LogP contribution < -0.4 is 0 Å². The molecule has 2 aromatic rings. The Hall–Kier alpha value is -2.62. The Labute approximate surface area is 154 Å². The SMILES string of the molecule is COC(=O)C1Cc2ccc(cc2)CCc2ccc(cc2)CC1C(=O)OC. The van der Waals surface area contributed by atoms with E-state index in [4.69, 9.17) is 9.47 Å². The maximum atomic E-state index is 12.5. The number of rotatable bonds is 2. The lowest BCUT2D eigenvalue weighted by Crippen LogP contribution is -2.34. The van der Waals surface area contributed by atoms with Crippen molar-refractivity contribution in [3.05, 3.63) is 70.8 Å². The number of hydrogen-bond donors (Lipinski definition) is 0. The zero-order chi connectivity index (χ0) is 18.5. The molecule has 6 rings (SSSR count). The first-order chi connectivity index (χ1) is 12.6. The van der Waals surface area contributed by atoms with Crippen LogP contribution in [0.4, 0.5) is 0 Å². The number of methoxy groups -OCH3 is 2. The highest BCUT2D eigenvalue weighted by Gasteiger charge is 2.35. The summed E-state index contributed by atoms with van der Waals surface area (Å²) in [7, 11) is 2.72. The van der Waals surface area contributed by atoms with Gasteiger partial charge in [-0.3, -0.25) is 9.59 Å². The van der Waals surface area contributed by atoms with Gasteiger partial charge in [0, 0.05) is 0 Å². The molecule has 4 aliphatic rings. The minimum atomic E-state index is -0.582. The lowest BCUT2D eigenvalue weighted by molar-refractivity contribution is -0.157. The van der Waals surface area contributed by atoms with E-state index >= 15 is 0 Å². The summed E-state index contributed by atoms with van der Waals surface area (Å²) in [6, 6.07) is 16.5. The van der Waals surface area contributed by atoms with Gasteiger partial charge < -0.3 is 9.47 Å². The van der Waals surface area contributed by atoms with Crippen molar-refractivity contribution in [2.24, 2.45) is 11.8 Å². The summed E-state index contributed by atoms with van der Waals surface area (Å²) in [5.41, 5.74) is 4.55. The molecule has 4 nitrogen and oxygen atoms in total. The lowest BCUT2D eigenvalue weighted by atomic mass is 9.82. The highest BCUT2D eigenvalue weighted by molar-refractivity contribution is 5.82. The smallest absolute Gasteiger partial charge is 0.309 e. The normalized spacial score (nSPS) is 19.6. The summed E-state index contributed by atoms with van der Waals surface area (Å²) < 4.78 is 10.0. The third-order valence-electron chi connectivity index (χ3n) is 5.15. The Morgan fingerprint density at radius 2 is 0.962 bits per heavy atom. The minimum Gasteiger partial charge on any atom is -0.469 e. The molecule has 136 valence electrons. The molecular formula is C22H24O4. The zero-order valence-electron chi connectivity index (χ0n) is 15.2. The number of hydrogen-bond acceptors (Lipinski definition) is 4. The van der Waals surface area contributed by atoms with Crippen LogP contribution in [0.25, 0.3) is 0 Å². The van der Waals surface area contributed by atoms with Crippen molar-refractivity contribution in [1.29, 1.82) is 0 Å². The first-order valence-corrected chi connectivity index (χ1v) is 8.92. The van der Waals surface area contributed by atoms with Crippen molar-refractivity contribution in [2.45, 2.75) is 25.7 Å². The van der Waals surface area contributed by atoms with E-state index < -0.39 is 11.8 Å². The van der Waals surface area contributed by atoms with Crippen LogP contribution in [0, 0.1) is 11.8 Å². The van der Waals surface area contributed by atoms with Crippen molar-refractivity contribution in [3.8, 4) is 0 Å². The predicted octanol–water partition coefficient (Wildman–Crippen LogP) is 3.15. The van der Waals surface area contributed by atoms with E-state index in [1.54, 1.807) is 0 Å². The van der Waals surface area contributed by atoms with Gasteiger partial charge in [-0.15, -0.1) is 0 Å². The average Bonchev–Trinajstić information content (AvgIpc) is 2.69. The maximum Gasteiger partial charge on any atom is 0.309 e. The Bertz CT molecular complexity index is 694. The summed E-state index contributed by atoms with van der Waals surface area (Å²) in [6.07, 6.45) is 2.85. The second-order valence-corrected chi connectivity index (χ2v) is 6.80. The topological polar surface area (TPSA) is 52.6 Å². The van der Waals surface area contributed by atoms with Crippen LogP contribution >= 0.6 is 0 Å². The highest BCUT2D eigenvalue weighted by Crippen LogP contribution is 2.26. The van der Waals surface area contributed by atoms with Crippen LogP contribution in [0.2, 0.25) is 0 Å². The Morgan fingerprint density at radius 3 is 1.27 bits per heavy atom. The summed E-state index contributed by atoms with van der Waals surface area (Å²) in [6.45, 7) is 0. The molecule has 0 radical (unpaired) electrons. The number of aryl methyl sites for hydroxylation is 2. The third kappa shape index (κ3) is 4.13. The number of benzene rings is 2.